The molecule has 250 valence electrons. The predicted molar refractivity (Wildman–Crippen MR) is 138 cm³/mol. The number of hydrogen-bond donors (Lipinski definition) is 0. The van der Waals surface area contributed by atoms with E-state index in [0.29, 0.717) is 29.6 Å². The zero-order chi connectivity index (χ0) is 36.1. The Labute approximate surface area is 263 Å². The molecule has 0 unspecified atom stereocenters. The summed E-state index contributed by atoms with van der Waals surface area (Å²) in [5.41, 5.74) is -6.69. The molecule has 2 aromatic rings. The number of allylic oxidation sites excluding steroid dienone is 6. The van der Waals surface area contributed by atoms with Crippen molar-refractivity contribution >= 4 is 28.2 Å². The van der Waals surface area contributed by atoms with Crippen LogP contribution < -0.4 is 9.47 Å². The minimum atomic E-state index is -5.66. The first kappa shape index (κ1) is 35.3. The third-order valence-corrected chi connectivity index (χ3v) is 7.34. The summed E-state index contributed by atoms with van der Waals surface area (Å²) in [5.74, 6) is -5.47. The summed E-state index contributed by atoms with van der Waals surface area (Å²) in [6.07, 6.45) is -21.4. The molecule has 48 heavy (non-hydrogen) atoms. The summed E-state index contributed by atoms with van der Waals surface area (Å²) in [5, 5.41) is 28.9. The summed E-state index contributed by atoms with van der Waals surface area (Å²) in [6, 6.07) is 4.94. The van der Waals surface area contributed by atoms with E-state index in [1.165, 1.54) is 12.1 Å². The Balaban J connectivity index is 2.27. The average molecular weight is 711 g/mol. The van der Waals surface area contributed by atoms with Gasteiger partial charge in [0.2, 0.25) is 0 Å². The molecule has 0 amide bonds. The number of rotatable bonds is 6. The molecule has 0 saturated heterocycles. The smallest absolute Gasteiger partial charge is 0.406 e. The van der Waals surface area contributed by atoms with Crippen LogP contribution >= 0.6 is 11.3 Å². The zero-order valence-corrected chi connectivity index (χ0v) is 23.8. The lowest BCUT2D eigenvalue weighted by Crippen LogP contribution is -2.19. The Kier molecular flexibility index (Phi) is 8.76. The van der Waals surface area contributed by atoms with Gasteiger partial charge >= 0.3 is 25.4 Å². The highest BCUT2D eigenvalue weighted by atomic mass is 32.1. The second-order valence-corrected chi connectivity index (χ2v) is 10.1. The molecule has 4 rings (SSSR count). The number of thiophene rings is 1. The first-order valence-corrected chi connectivity index (χ1v) is 13.0. The number of fused-ring (bicyclic) bond motifs is 5. The predicted octanol–water partition coefficient (Wildman–Crippen LogP) is 9.54. The average Bonchev–Trinajstić information content (AvgIpc) is 3.52. The lowest BCUT2D eigenvalue weighted by atomic mass is 9.99. The maximum atomic E-state index is 13.9. The molecule has 1 aromatic carbocycles. The first-order valence-electron chi connectivity index (χ1n) is 12.2. The fourth-order valence-electron chi connectivity index (χ4n) is 4.75. The highest BCUT2D eigenvalue weighted by Gasteiger charge is 2.47. The van der Waals surface area contributed by atoms with E-state index in [0.717, 1.165) is 6.92 Å². The number of nitrogens with zero attached hydrogens (tertiary/aromatic N) is 3. The maximum Gasteiger partial charge on any atom is 0.573 e. The van der Waals surface area contributed by atoms with E-state index >= 15 is 0 Å². The molecule has 0 fully saturated rings. The summed E-state index contributed by atoms with van der Waals surface area (Å²) >= 11 is 0.338. The van der Waals surface area contributed by atoms with Crippen molar-refractivity contribution < 1.29 is 71.6 Å². The largest absolute Gasteiger partial charge is 0.573 e. The van der Waals surface area contributed by atoms with E-state index in [2.05, 4.69) is 25.5 Å². The van der Waals surface area contributed by atoms with Gasteiger partial charge in [-0.1, -0.05) is 6.58 Å². The monoisotopic (exact) mass is 711 g/mol. The molecule has 7 nitrogen and oxygen atoms in total. The Morgan fingerprint density at radius 1 is 0.729 bits per heavy atom. The van der Waals surface area contributed by atoms with Gasteiger partial charge in [-0.05, 0) is 25.1 Å². The van der Waals surface area contributed by atoms with Crippen LogP contribution in [0.5, 0.6) is 11.5 Å². The van der Waals surface area contributed by atoms with Gasteiger partial charge in [-0.3, -0.25) is 0 Å². The van der Waals surface area contributed by atoms with Crippen LogP contribution in [0, 0.1) is 34.0 Å². The van der Waals surface area contributed by atoms with Crippen LogP contribution in [0.4, 0.5) is 52.7 Å². The van der Waals surface area contributed by atoms with Gasteiger partial charge in [0.25, 0.3) is 0 Å². The number of benzene rings is 1. The summed E-state index contributed by atoms with van der Waals surface area (Å²) < 4.78 is 177. The Morgan fingerprint density at radius 3 is 1.77 bits per heavy atom. The van der Waals surface area contributed by atoms with Gasteiger partial charge in [-0.25, -0.2) is 0 Å². The quantitative estimate of drug-likeness (QED) is 0.108. The van der Waals surface area contributed by atoms with Crippen LogP contribution in [0.1, 0.15) is 27.8 Å². The van der Waals surface area contributed by atoms with E-state index in [1.807, 2.05) is 0 Å². The molecule has 2 aliphatic rings. The molecule has 2 aliphatic carbocycles. The fourth-order valence-corrected chi connectivity index (χ4v) is 6.24. The molecule has 1 aromatic heterocycles. The fraction of sp³-hybridized carbons (Fsp3) is 0.179. The summed E-state index contributed by atoms with van der Waals surface area (Å²) in [7, 11) is 0. The molecule has 1 heterocycles. The number of nitriles is 3. The molecule has 0 aliphatic heterocycles. The van der Waals surface area contributed by atoms with Crippen LogP contribution in [0.15, 0.2) is 53.3 Å². The van der Waals surface area contributed by atoms with Crippen molar-refractivity contribution in [2.45, 2.75) is 32.4 Å². The van der Waals surface area contributed by atoms with Gasteiger partial charge in [-0.2, -0.15) is 15.8 Å². The second kappa shape index (κ2) is 11.9. The molecule has 0 atom stereocenters. The van der Waals surface area contributed by atoms with Crippen molar-refractivity contribution in [1.29, 1.82) is 15.8 Å². The minimum Gasteiger partial charge on any atom is -0.406 e. The molecule has 0 N–H and O–H groups in total. The van der Waals surface area contributed by atoms with Gasteiger partial charge in [0.05, 0.1) is 6.07 Å². The lowest BCUT2D eigenvalue weighted by molar-refractivity contribution is -0.303. The van der Waals surface area contributed by atoms with Crippen LogP contribution in [0.3, 0.4) is 0 Å². The second-order valence-electron chi connectivity index (χ2n) is 9.12. The molecule has 0 spiro atoms. The number of hydrogen-bond acceptors (Lipinski definition) is 8. The van der Waals surface area contributed by atoms with Crippen LogP contribution in [-0.4, -0.2) is 25.4 Å². The third kappa shape index (κ3) is 7.06. The van der Waals surface area contributed by atoms with Crippen LogP contribution in [-0.2, 0) is 9.47 Å². The normalized spacial score (nSPS) is 15.5. The molecule has 20 heteroatoms. The van der Waals surface area contributed by atoms with E-state index in [-0.39, 0.29) is 6.07 Å². The van der Waals surface area contributed by atoms with E-state index < -0.39 is 108 Å². The van der Waals surface area contributed by atoms with Crippen molar-refractivity contribution in [1.82, 2.24) is 0 Å². The lowest BCUT2D eigenvalue weighted by Gasteiger charge is -2.18. The van der Waals surface area contributed by atoms with Crippen LogP contribution in [0.2, 0.25) is 0 Å². The molecule has 0 bridgehead atoms. The topological polar surface area (TPSA) is 108 Å². The Bertz CT molecular complexity index is 1970. The van der Waals surface area contributed by atoms with E-state index in [9.17, 15) is 68.5 Å². The van der Waals surface area contributed by atoms with Crippen molar-refractivity contribution in [2.75, 3.05) is 0 Å². The SMILES string of the molecule is C=C/C(=C\C1=C(OC(F)(F)F)c2c(sc3c2-c2c(OC(F)(F)F)cc(OC(F)(F)F)cc2C3=C(C#N)C#N)/C1=C(\C)C#N)OC(F)(F)F. The highest BCUT2D eigenvalue weighted by molar-refractivity contribution is 7.15. The summed E-state index contributed by atoms with van der Waals surface area (Å²) in [6.45, 7) is 4.11. The van der Waals surface area contributed by atoms with Crippen molar-refractivity contribution in [3.8, 4) is 40.8 Å². The van der Waals surface area contributed by atoms with Gasteiger partial charge in [0, 0.05) is 60.4 Å². The summed E-state index contributed by atoms with van der Waals surface area (Å²) in [4.78, 5) is -0.902. The Morgan fingerprint density at radius 2 is 1.29 bits per heavy atom. The molecular formula is C28H9F12N3O4S. The van der Waals surface area contributed by atoms with Crippen molar-refractivity contribution in [3.05, 3.63) is 74.2 Å². The minimum absolute atomic E-state index is 0.0864. The van der Waals surface area contributed by atoms with E-state index in [4.69, 9.17) is 0 Å². The third-order valence-electron chi connectivity index (χ3n) is 6.11. The van der Waals surface area contributed by atoms with Crippen molar-refractivity contribution in [3.63, 3.8) is 0 Å². The standard InChI is InChI=1S/C28H9F12N3O4S/c1-3-12(44-25(29,30)31)4-15-17(10(2)7-41)23-21(22(15)47-28(38,39)40)20-19-14(18(24(20)48-23)11(8-42)9-43)5-13(45-26(32,33)34)6-16(19)46-27(35,36)37/h3-6H,1H2,2H3/b12-4+,17-10+. The molecular weight excluding hydrogens is 702 g/mol. The van der Waals surface area contributed by atoms with Crippen LogP contribution in [0.25, 0.3) is 28.0 Å². The number of alkyl halides is 12. The van der Waals surface area contributed by atoms with Gasteiger partial charge < -0.3 is 18.9 Å². The Hall–Kier alpha value is -5.55. The maximum absolute atomic E-state index is 13.9. The molecule has 0 saturated carbocycles. The number of ether oxygens (including phenoxy) is 4. The highest BCUT2D eigenvalue weighted by Crippen LogP contribution is 2.63. The van der Waals surface area contributed by atoms with E-state index in [1.54, 1.807) is 6.07 Å². The van der Waals surface area contributed by atoms with Gasteiger partial charge in [0.1, 0.15) is 40.7 Å². The zero-order valence-electron chi connectivity index (χ0n) is 22.9. The van der Waals surface area contributed by atoms with Gasteiger partial charge in [-0.15, -0.1) is 64.0 Å². The number of halogens is 12. The first-order chi connectivity index (χ1) is 22.0. The van der Waals surface area contributed by atoms with Crippen molar-refractivity contribution in [2.24, 2.45) is 0 Å². The molecule has 0 radical (unpaired) electrons. The van der Waals surface area contributed by atoms with Gasteiger partial charge in [0.15, 0.2) is 0 Å².